The van der Waals surface area contributed by atoms with Crippen LogP contribution in [0.5, 0.6) is 0 Å². The zero-order valence-corrected chi connectivity index (χ0v) is 14.4. The molecule has 4 heterocycles. The number of ether oxygens (including phenoxy) is 1. The Morgan fingerprint density at radius 2 is 1.74 bits per heavy atom. The summed E-state index contributed by atoms with van der Waals surface area (Å²) < 4.78 is 5.45. The van der Waals surface area contributed by atoms with Crippen LogP contribution in [0, 0.1) is 11.3 Å². The number of rotatable bonds is 2. The zero-order chi connectivity index (χ0) is 15.9. The van der Waals surface area contributed by atoms with Crippen LogP contribution in [0.3, 0.4) is 0 Å². The van der Waals surface area contributed by atoms with Crippen molar-refractivity contribution in [3.63, 3.8) is 0 Å². The lowest BCUT2D eigenvalue weighted by Crippen LogP contribution is -2.53. The first-order valence-corrected chi connectivity index (χ1v) is 9.04. The Hall–Kier alpha value is -1.26. The van der Waals surface area contributed by atoms with E-state index < -0.39 is 0 Å². The van der Waals surface area contributed by atoms with Crippen LogP contribution in [-0.2, 0) is 4.74 Å². The molecular weight excluding hydrogens is 286 g/mol. The molecule has 1 aromatic carbocycles. The molecule has 0 saturated carbocycles. The first kappa shape index (κ1) is 15.3. The zero-order valence-electron chi connectivity index (χ0n) is 14.4. The van der Waals surface area contributed by atoms with Gasteiger partial charge in [-0.1, -0.05) is 13.8 Å². The van der Waals surface area contributed by atoms with Crippen molar-refractivity contribution < 1.29 is 4.74 Å². The van der Waals surface area contributed by atoms with Crippen molar-refractivity contribution >= 4 is 11.4 Å². The van der Waals surface area contributed by atoms with E-state index >= 15 is 0 Å². The van der Waals surface area contributed by atoms with Crippen molar-refractivity contribution in [1.29, 1.82) is 0 Å². The number of nitrogens with zero attached hydrogens (tertiary/aromatic N) is 2. The van der Waals surface area contributed by atoms with Crippen LogP contribution >= 0.6 is 0 Å². The Labute approximate surface area is 139 Å². The third-order valence-corrected chi connectivity index (χ3v) is 5.88. The van der Waals surface area contributed by atoms with Gasteiger partial charge in [0.15, 0.2) is 0 Å². The van der Waals surface area contributed by atoms with E-state index in [0.717, 1.165) is 38.8 Å². The third-order valence-electron chi connectivity index (χ3n) is 5.88. The van der Waals surface area contributed by atoms with Gasteiger partial charge in [-0.05, 0) is 48.6 Å². The third kappa shape index (κ3) is 2.94. The van der Waals surface area contributed by atoms with E-state index in [1.54, 1.807) is 0 Å². The predicted molar refractivity (Wildman–Crippen MR) is 95.4 cm³/mol. The number of benzene rings is 1. The lowest BCUT2D eigenvalue weighted by Gasteiger charge is -2.48. The molecule has 1 N–H and O–H groups in total. The molecule has 4 aliphatic heterocycles. The van der Waals surface area contributed by atoms with E-state index in [9.17, 15) is 0 Å². The second kappa shape index (κ2) is 5.99. The van der Waals surface area contributed by atoms with E-state index in [0.29, 0.717) is 11.5 Å². The van der Waals surface area contributed by atoms with Gasteiger partial charge in [0.1, 0.15) is 0 Å². The highest BCUT2D eigenvalue weighted by Gasteiger charge is 2.43. The molecule has 0 aromatic heterocycles. The molecule has 23 heavy (non-hydrogen) atoms. The number of anilines is 2. The summed E-state index contributed by atoms with van der Waals surface area (Å²) >= 11 is 0. The van der Waals surface area contributed by atoms with E-state index in [1.165, 1.54) is 30.9 Å². The Morgan fingerprint density at radius 1 is 1.04 bits per heavy atom. The van der Waals surface area contributed by atoms with Gasteiger partial charge in [0, 0.05) is 43.6 Å². The van der Waals surface area contributed by atoms with Crippen molar-refractivity contribution in [1.82, 2.24) is 5.32 Å². The maximum absolute atomic E-state index is 5.45. The summed E-state index contributed by atoms with van der Waals surface area (Å²) in [5.41, 5.74) is 3.10. The van der Waals surface area contributed by atoms with E-state index in [4.69, 9.17) is 4.74 Å². The molecule has 4 aliphatic rings. The van der Waals surface area contributed by atoms with Crippen molar-refractivity contribution in [2.24, 2.45) is 11.3 Å². The molecule has 0 aliphatic carbocycles. The number of morpholine rings is 1. The minimum atomic E-state index is 0.384. The molecule has 0 spiro atoms. The molecule has 2 bridgehead atoms. The molecule has 0 radical (unpaired) electrons. The highest BCUT2D eigenvalue weighted by molar-refractivity contribution is 5.57. The molecule has 0 unspecified atom stereocenters. The van der Waals surface area contributed by atoms with Gasteiger partial charge in [0.2, 0.25) is 0 Å². The monoisotopic (exact) mass is 315 g/mol. The van der Waals surface area contributed by atoms with Crippen LogP contribution in [0.25, 0.3) is 0 Å². The molecular formula is C19H29N3O. The molecule has 4 saturated heterocycles. The average molecular weight is 315 g/mol. The Kier molecular flexibility index (Phi) is 3.98. The van der Waals surface area contributed by atoms with Crippen LogP contribution in [0.1, 0.15) is 20.3 Å². The minimum Gasteiger partial charge on any atom is -0.378 e. The summed E-state index contributed by atoms with van der Waals surface area (Å²) in [6, 6.07) is 9.82. The molecule has 5 rings (SSSR count). The van der Waals surface area contributed by atoms with Gasteiger partial charge in [-0.3, -0.25) is 0 Å². The summed E-state index contributed by atoms with van der Waals surface area (Å²) in [6.45, 7) is 12.0. The normalized spacial score (nSPS) is 30.3. The SMILES string of the molecule is CC1(C)C[C@H]2CNC[C@H]1N(c1ccc(N3CCOCC3)cc1)C2. The van der Waals surface area contributed by atoms with Gasteiger partial charge in [0.05, 0.1) is 13.2 Å². The topological polar surface area (TPSA) is 27.7 Å². The van der Waals surface area contributed by atoms with Crippen molar-refractivity contribution in [2.75, 3.05) is 55.7 Å². The van der Waals surface area contributed by atoms with Gasteiger partial charge in [-0.25, -0.2) is 0 Å². The summed E-state index contributed by atoms with van der Waals surface area (Å²) in [5.74, 6) is 0.766. The van der Waals surface area contributed by atoms with Crippen molar-refractivity contribution in [3.8, 4) is 0 Å². The average Bonchev–Trinajstić information content (AvgIpc) is 2.86. The van der Waals surface area contributed by atoms with E-state index in [1.807, 2.05) is 0 Å². The van der Waals surface area contributed by atoms with Crippen LogP contribution in [0.4, 0.5) is 11.4 Å². The van der Waals surface area contributed by atoms with Gasteiger partial charge in [-0.15, -0.1) is 0 Å². The van der Waals surface area contributed by atoms with Gasteiger partial charge in [0.25, 0.3) is 0 Å². The van der Waals surface area contributed by atoms with Crippen molar-refractivity contribution in [2.45, 2.75) is 26.3 Å². The number of nitrogens with one attached hydrogen (secondary N) is 1. The van der Waals surface area contributed by atoms with Crippen LogP contribution in [0.15, 0.2) is 24.3 Å². The fraction of sp³-hybridized carbons (Fsp3) is 0.684. The molecule has 126 valence electrons. The fourth-order valence-electron chi connectivity index (χ4n) is 4.68. The highest BCUT2D eigenvalue weighted by Crippen LogP contribution is 2.41. The summed E-state index contributed by atoms with van der Waals surface area (Å²) in [4.78, 5) is 5.07. The maximum atomic E-state index is 5.45. The summed E-state index contributed by atoms with van der Waals surface area (Å²) in [6.07, 6.45) is 1.34. The second-order valence-corrected chi connectivity index (χ2v) is 8.00. The fourth-order valence-corrected chi connectivity index (χ4v) is 4.68. The molecule has 4 fully saturated rings. The molecule has 1 aromatic rings. The standard InChI is InChI=1S/C19H29N3O/c1-19(2)11-15-12-20-13-18(19)22(14-15)17-5-3-16(4-6-17)21-7-9-23-10-8-21/h3-6,15,18,20H,7-14H2,1-2H3/t15-,18+/m0/s1. The quantitative estimate of drug-likeness (QED) is 0.907. The number of fused-ring (bicyclic) bond motifs is 4. The van der Waals surface area contributed by atoms with Crippen LogP contribution in [0.2, 0.25) is 0 Å². The number of hydrogen-bond donors (Lipinski definition) is 1. The van der Waals surface area contributed by atoms with E-state index in [2.05, 4.69) is 53.2 Å². The number of piperidine rings is 1. The predicted octanol–water partition coefficient (Wildman–Crippen LogP) is 2.35. The summed E-state index contributed by atoms with van der Waals surface area (Å²) in [7, 11) is 0. The molecule has 2 atom stereocenters. The smallest absolute Gasteiger partial charge is 0.0642 e. The van der Waals surface area contributed by atoms with Gasteiger partial charge >= 0.3 is 0 Å². The highest BCUT2D eigenvalue weighted by atomic mass is 16.5. The van der Waals surface area contributed by atoms with Gasteiger partial charge in [-0.2, -0.15) is 0 Å². The molecule has 0 amide bonds. The largest absolute Gasteiger partial charge is 0.378 e. The first-order chi connectivity index (χ1) is 11.1. The second-order valence-electron chi connectivity index (χ2n) is 8.00. The Bertz CT molecular complexity index is 536. The van der Waals surface area contributed by atoms with Crippen LogP contribution < -0.4 is 15.1 Å². The first-order valence-electron chi connectivity index (χ1n) is 9.04. The van der Waals surface area contributed by atoms with E-state index in [-0.39, 0.29) is 0 Å². The Balaban J connectivity index is 1.55. The minimum absolute atomic E-state index is 0.384. The van der Waals surface area contributed by atoms with Crippen LogP contribution in [-0.4, -0.2) is 52.0 Å². The lowest BCUT2D eigenvalue weighted by molar-refractivity contribution is 0.122. The molecule has 4 nitrogen and oxygen atoms in total. The maximum Gasteiger partial charge on any atom is 0.0642 e. The number of hydrogen-bond acceptors (Lipinski definition) is 4. The van der Waals surface area contributed by atoms with Gasteiger partial charge < -0.3 is 19.9 Å². The molecule has 4 heteroatoms. The van der Waals surface area contributed by atoms with Crippen molar-refractivity contribution in [3.05, 3.63) is 24.3 Å². The summed E-state index contributed by atoms with van der Waals surface area (Å²) in [5, 5.41) is 3.66. The lowest BCUT2D eigenvalue weighted by atomic mass is 9.73. The Morgan fingerprint density at radius 3 is 2.48 bits per heavy atom.